The van der Waals surface area contributed by atoms with E-state index in [9.17, 15) is 43.2 Å². The van der Waals surface area contributed by atoms with Gasteiger partial charge in [-0.3, -0.25) is 37.3 Å². The Morgan fingerprint density at radius 2 is 0.447 bits per heavy atom. The van der Waals surface area contributed by atoms with Crippen molar-refractivity contribution in [1.82, 2.24) is 0 Å². The minimum atomic E-state index is -4.96. The number of esters is 4. The second-order valence-electron chi connectivity index (χ2n) is 28.9. The van der Waals surface area contributed by atoms with Crippen LogP contribution in [0, 0.1) is 23.7 Å². The van der Waals surface area contributed by atoms with E-state index in [1.807, 2.05) is 0 Å². The molecule has 0 aliphatic carbocycles. The van der Waals surface area contributed by atoms with Crippen LogP contribution in [0.25, 0.3) is 0 Å². The van der Waals surface area contributed by atoms with Crippen molar-refractivity contribution in [2.75, 3.05) is 39.6 Å². The standard InChI is InChI=1S/C75H146O17P2/c1-65(2)51-43-35-27-19-11-9-10-12-25-33-41-49-57-74(79)91-70(61-85-72(77)55-47-39-31-23-16-13-20-28-36-44-52-66(3)4)63-89-93(81,82)87-59-69(76)60-88-94(83,84)90-64-71(92-75(80)58-50-42-34-26-18-15-22-30-38-46-54-68(7)8)62-86-73(78)56-48-40-32-24-17-14-21-29-37-45-53-67(5)6/h65-71,76H,9-64H2,1-8H3,(H,81,82)(H,83,84)/t69-,70-,71-/m1/s1. The molecule has 0 saturated heterocycles. The van der Waals surface area contributed by atoms with Gasteiger partial charge >= 0.3 is 39.5 Å². The zero-order chi connectivity index (χ0) is 69.6. The average molecular weight is 1380 g/mol. The van der Waals surface area contributed by atoms with Gasteiger partial charge in [0.2, 0.25) is 0 Å². The van der Waals surface area contributed by atoms with Gasteiger partial charge in [0, 0.05) is 25.7 Å². The van der Waals surface area contributed by atoms with Crippen molar-refractivity contribution in [3.63, 3.8) is 0 Å². The molecule has 0 bridgehead atoms. The molecule has 0 heterocycles. The summed E-state index contributed by atoms with van der Waals surface area (Å²) in [6.07, 6.45) is 48.5. The van der Waals surface area contributed by atoms with Crippen LogP contribution in [0.1, 0.15) is 376 Å². The molecule has 0 spiro atoms. The van der Waals surface area contributed by atoms with Gasteiger partial charge in [0.1, 0.15) is 19.3 Å². The molecule has 19 heteroatoms. The Morgan fingerprint density at radius 3 is 0.660 bits per heavy atom. The summed E-state index contributed by atoms with van der Waals surface area (Å²) in [6, 6.07) is 0. The highest BCUT2D eigenvalue weighted by molar-refractivity contribution is 7.47. The lowest BCUT2D eigenvalue weighted by Crippen LogP contribution is -2.30. The molecular formula is C75H146O17P2. The number of phosphoric ester groups is 2. The highest BCUT2D eigenvalue weighted by atomic mass is 31.2. The Kier molecular flexibility index (Phi) is 63.1. The number of carbonyl (C=O) groups is 4. The third-order valence-corrected chi connectivity index (χ3v) is 19.2. The van der Waals surface area contributed by atoms with E-state index >= 15 is 0 Å². The molecule has 2 unspecified atom stereocenters. The van der Waals surface area contributed by atoms with Gasteiger partial charge in [-0.1, -0.05) is 325 Å². The molecule has 0 amide bonds. The van der Waals surface area contributed by atoms with E-state index in [0.717, 1.165) is 114 Å². The first-order valence-electron chi connectivity index (χ1n) is 38.7. The van der Waals surface area contributed by atoms with Gasteiger partial charge in [-0.15, -0.1) is 0 Å². The summed E-state index contributed by atoms with van der Waals surface area (Å²) in [5, 5.41) is 10.6. The van der Waals surface area contributed by atoms with Crippen LogP contribution in [0.2, 0.25) is 0 Å². The Morgan fingerprint density at radius 1 is 0.266 bits per heavy atom. The first-order chi connectivity index (χ1) is 45.1. The van der Waals surface area contributed by atoms with E-state index in [-0.39, 0.29) is 25.7 Å². The molecule has 0 radical (unpaired) electrons. The normalized spacial score (nSPS) is 14.2. The average Bonchev–Trinajstić information content (AvgIpc) is 1.73. The van der Waals surface area contributed by atoms with Crippen molar-refractivity contribution in [2.24, 2.45) is 23.7 Å². The summed E-state index contributed by atoms with van der Waals surface area (Å²) in [6.45, 7) is 14.2. The van der Waals surface area contributed by atoms with Crippen LogP contribution >= 0.6 is 15.6 Å². The zero-order valence-corrected chi connectivity index (χ0v) is 63.4. The summed E-state index contributed by atoms with van der Waals surface area (Å²) in [7, 11) is -9.91. The number of aliphatic hydroxyl groups is 1. The van der Waals surface area contributed by atoms with Gasteiger partial charge in [-0.05, 0) is 49.4 Å². The van der Waals surface area contributed by atoms with Crippen molar-refractivity contribution >= 4 is 39.5 Å². The SMILES string of the molecule is CC(C)CCCCCCCCCCCCCCC(=O)O[C@H](COC(=O)CCCCCCCCCCCCC(C)C)COP(=O)(O)OC[C@@H](O)COP(=O)(O)OC[C@@H](COC(=O)CCCCCCCCCCCCC(C)C)OC(=O)CCCCCCCCCCCCC(C)C. The fourth-order valence-electron chi connectivity index (χ4n) is 11.4. The zero-order valence-electron chi connectivity index (χ0n) is 61.6. The molecule has 558 valence electrons. The van der Waals surface area contributed by atoms with E-state index in [4.69, 9.17) is 37.0 Å². The number of unbranched alkanes of at least 4 members (excludes halogenated alkanes) is 38. The van der Waals surface area contributed by atoms with Crippen molar-refractivity contribution in [1.29, 1.82) is 0 Å². The topological polar surface area (TPSA) is 237 Å². The predicted molar refractivity (Wildman–Crippen MR) is 381 cm³/mol. The van der Waals surface area contributed by atoms with Crippen molar-refractivity contribution in [3.8, 4) is 0 Å². The molecule has 0 saturated carbocycles. The van der Waals surface area contributed by atoms with Crippen molar-refractivity contribution in [2.45, 2.75) is 395 Å². The van der Waals surface area contributed by atoms with Crippen molar-refractivity contribution < 1.29 is 80.2 Å². The quantitative estimate of drug-likeness (QED) is 0.0222. The molecule has 94 heavy (non-hydrogen) atoms. The molecule has 0 aliphatic rings. The molecular weight excluding hydrogens is 1230 g/mol. The Hall–Kier alpha value is -1.94. The monoisotopic (exact) mass is 1380 g/mol. The molecule has 0 aliphatic heterocycles. The number of ether oxygens (including phenoxy) is 4. The highest BCUT2D eigenvalue weighted by Crippen LogP contribution is 2.45. The number of rotatable bonds is 72. The molecule has 0 fully saturated rings. The first kappa shape index (κ1) is 92.1. The van der Waals surface area contributed by atoms with Crippen LogP contribution in [0.15, 0.2) is 0 Å². The van der Waals surface area contributed by atoms with E-state index in [1.54, 1.807) is 0 Å². The summed E-state index contributed by atoms with van der Waals surface area (Å²) in [5.41, 5.74) is 0. The molecule has 17 nitrogen and oxygen atoms in total. The van der Waals surface area contributed by atoms with Crippen LogP contribution in [-0.4, -0.2) is 96.7 Å². The van der Waals surface area contributed by atoms with E-state index < -0.39 is 97.5 Å². The molecule has 0 aromatic rings. The lowest BCUT2D eigenvalue weighted by Gasteiger charge is -2.21. The molecule has 5 atom stereocenters. The van der Waals surface area contributed by atoms with Crippen LogP contribution in [0.4, 0.5) is 0 Å². The summed E-state index contributed by atoms with van der Waals surface area (Å²) in [5.74, 6) is 0.925. The Bertz CT molecular complexity index is 1850. The van der Waals surface area contributed by atoms with Crippen molar-refractivity contribution in [3.05, 3.63) is 0 Å². The minimum Gasteiger partial charge on any atom is -0.462 e. The largest absolute Gasteiger partial charge is 0.472 e. The Labute approximate surface area is 575 Å². The molecule has 3 N–H and O–H groups in total. The van der Waals surface area contributed by atoms with Crippen LogP contribution in [0.5, 0.6) is 0 Å². The van der Waals surface area contributed by atoms with E-state index in [0.29, 0.717) is 25.7 Å². The fraction of sp³-hybridized carbons (Fsp3) is 0.947. The van der Waals surface area contributed by atoms with Crippen LogP contribution in [0.3, 0.4) is 0 Å². The third-order valence-electron chi connectivity index (χ3n) is 17.3. The summed E-state index contributed by atoms with van der Waals surface area (Å²) >= 11 is 0. The molecule has 0 rings (SSSR count). The fourth-order valence-corrected chi connectivity index (χ4v) is 13.0. The maximum absolute atomic E-state index is 13.1. The van der Waals surface area contributed by atoms with Gasteiger partial charge < -0.3 is 33.8 Å². The lowest BCUT2D eigenvalue weighted by molar-refractivity contribution is -0.161. The van der Waals surface area contributed by atoms with Gasteiger partial charge in [-0.25, -0.2) is 9.13 Å². The summed E-state index contributed by atoms with van der Waals surface area (Å²) < 4.78 is 68.5. The maximum atomic E-state index is 13.1. The van der Waals surface area contributed by atoms with Crippen LogP contribution < -0.4 is 0 Å². The second kappa shape index (κ2) is 64.4. The van der Waals surface area contributed by atoms with Gasteiger partial charge in [0.15, 0.2) is 12.2 Å². The predicted octanol–water partition coefficient (Wildman–Crippen LogP) is 21.7. The number of phosphoric acid groups is 2. The molecule has 0 aromatic heterocycles. The maximum Gasteiger partial charge on any atom is 0.472 e. The summed E-state index contributed by atoms with van der Waals surface area (Å²) in [4.78, 5) is 72.8. The minimum absolute atomic E-state index is 0.105. The van der Waals surface area contributed by atoms with Gasteiger partial charge in [0.25, 0.3) is 0 Å². The van der Waals surface area contributed by atoms with E-state index in [2.05, 4.69) is 55.4 Å². The number of hydrogen-bond donors (Lipinski definition) is 3. The molecule has 0 aromatic carbocycles. The number of carbonyl (C=O) groups excluding carboxylic acids is 4. The first-order valence-corrected chi connectivity index (χ1v) is 41.7. The highest BCUT2D eigenvalue weighted by Gasteiger charge is 2.30. The Balaban J connectivity index is 5.28. The second-order valence-corrected chi connectivity index (χ2v) is 31.9. The van der Waals surface area contributed by atoms with E-state index in [1.165, 1.54) is 180 Å². The van der Waals surface area contributed by atoms with Gasteiger partial charge in [0.05, 0.1) is 26.4 Å². The lowest BCUT2D eigenvalue weighted by atomic mass is 10.0. The third kappa shape index (κ3) is 68.6. The van der Waals surface area contributed by atoms with Crippen LogP contribution in [-0.2, 0) is 65.4 Å². The number of hydrogen-bond acceptors (Lipinski definition) is 15. The smallest absolute Gasteiger partial charge is 0.462 e. The van der Waals surface area contributed by atoms with Gasteiger partial charge in [-0.2, -0.15) is 0 Å². The number of aliphatic hydroxyl groups excluding tert-OH is 1.